The molecule has 1 unspecified atom stereocenters. The van der Waals surface area contributed by atoms with Crippen LogP contribution in [0.5, 0.6) is 0 Å². The minimum absolute atomic E-state index is 0.0889. The fraction of sp³-hybridized carbons (Fsp3) is 0.562. The molecule has 5 nitrogen and oxygen atoms in total. The van der Waals surface area contributed by atoms with Crippen LogP contribution in [0.15, 0.2) is 24.3 Å². The minimum Gasteiger partial charge on any atom is -0.369 e. The first-order valence-corrected chi connectivity index (χ1v) is 7.59. The molecule has 1 amide bonds. The maximum atomic E-state index is 12.0. The van der Waals surface area contributed by atoms with Crippen LogP contribution >= 0.6 is 0 Å². The minimum atomic E-state index is -0.144. The lowest BCUT2D eigenvalue weighted by Gasteiger charge is -2.40. The summed E-state index contributed by atoms with van der Waals surface area (Å²) in [7, 11) is 0. The van der Waals surface area contributed by atoms with E-state index in [0.29, 0.717) is 0 Å². The number of carbonyl (C=O) groups excluding carboxylic acids is 1. The van der Waals surface area contributed by atoms with Gasteiger partial charge in [0.05, 0.1) is 6.04 Å². The van der Waals surface area contributed by atoms with Gasteiger partial charge >= 0.3 is 0 Å². The maximum absolute atomic E-state index is 12.0. The Hall–Kier alpha value is -1.59. The predicted molar refractivity (Wildman–Crippen MR) is 85.9 cm³/mol. The number of nitrogens with two attached hydrogens (primary N) is 1. The second kappa shape index (κ2) is 6.91. The van der Waals surface area contributed by atoms with E-state index in [9.17, 15) is 4.79 Å². The Bertz CT molecular complexity index is 481. The Kier molecular flexibility index (Phi) is 5.20. The van der Waals surface area contributed by atoms with Crippen molar-refractivity contribution >= 4 is 11.6 Å². The maximum Gasteiger partial charge on any atom is 0.251 e. The van der Waals surface area contributed by atoms with E-state index in [4.69, 9.17) is 5.84 Å². The molecule has 1 atom stereocenters. The van der Waals surface area contributed by atoms with Crippen LogP contribution < -0.4 is 16.2 Å². The molecule has 0 spiro atoms. The smallest absolute Gasteiger partial charge is 0.251 e. The summed E-state index contributed by atoms with van der Waals surface area (Å²) >= 11 is 0. The zero-order valence-corrected chi connectivity index (χ0v) is 13.2. The van der Waals surface area contributed by atoms with Gasteiger partial charge in [-0.2, -0.15) is 0 Å². The molecule has 0 aliphatic carbocycles. The number of carbonyl (C=O) groups is 1. The van der Waals surface area contributed by atoms with Crippen LogP contribution in [0.1, 0.15) is 19.4 Å². The first kappa shape index (κ1) is 15.8. The molecule has 116 valence electrons. The summed E-state index contributed by atoms with van der Waals surface area (Å²) in [5.74, 6) is 5.48. The van der Waals surface area contributed by atoms with Crippen molar-refractivity contribution in [2.24, 2.45) is 11.8 Å². The van der Waals surface area contributed by atoms with Gasteiger partial charge in [-0.3, -0.25) is 15.1 Å². The lowest BCUT2D eigenvalue weighted by molar-refractivity contribution is -0.128. The molecule has 2 rings (SSSR count). The Morgan fingerprint density at radius 1 is 1.24 bits per heavy atom. The van der Waals surface area contributed by atoms with E-state index in [1.54, 1.807) is 0 Å². The molecule has 1 heterocycles. The zero-order valence-electron chi connectivity index (χ0n) is 13.2. The van der Waals surface area contributed by atoms with Gasteiger partial charge in [0.15, 0.2) is 0 Å². The number of amides is 1. The lowest BCUT2D eigenvalue weighted by atomic mass is 10.0. The van der Waals surface area contributed by atoms with Crippen molar-refractivity contribution in [2.75, 3.05) is 31.1 Å². The lowest BCUT2D eigenvalue weighted by Crippen LogP contribution is -2.57. The quantitative estimate of drug-likeness (QED) is 0.496. The van der Waals surface area contributed by atoms with Gasteiger partial charge in [-0.1, -0.05) is 26.0 Å². The Labute approximate surface area is 127 Å². The Morgan fingerprint density at radius 2 is 1.90 bits per heavy atom. The van der Waals surface area contributed by atoms with Gasteiger partial charge in [0.1, 0.15) is 0 Å². The Balaban J connectivity index is 2.00. The summed E-state index contributed by atoms with van der Waals surface area (Å²) < 4.78 is 0. The van der Waals surface area contributed by atoms with Gasteiger partial charge in [0, 0.05) is 31.9 Å². The molecule has 0 bridgehead atoms. The van der Waals surface area contributed by atoms with E-state index in [1.165, 1.54) is 11.3 Å². The van der Waals surface area contributed by atoms with Crippen LogP contribution in [0, 0.1) is 12.8 Å². The van der Waals surface area contributed by atoms with Crippen molar-refractivity contribution in [1.82, 2.24) is 10.3 Å². The van der Waals surface area contributed by atoms with E-state index >= 15 is 0 Å². The fourth-order valence-corrected chi connectivity index (χ4v) is 3.06. The van der Waals surface area contributed by atoms with Crippen LogP contribution in [-0.4, -0.2) is 43.0 Å². The van der Waals surface area contributed by atoms with Crippen LogP contribution in [0.25, 0.3) is 0 Å². The molecule has 1 aliphatic rings. The highest BCUT2D eigenvalue weighted by Gasteiger charge is 2.31. The first-order chi connectivity index (χ1) is 10.0. The van der Waals surface area contributed by atoms with Gasteiger partial charge in [0.2, 0.25) is 0 Å². The van der Waals surface area contributed by atoms with Crippen molar-refractivity contribution in [3.63, 3.8) is 0 Å². The van der Waals surface area contributed by atoms with Gasteiger partial charge < -0.3 is 4.90 Å². The van der Waals surface area contributed by atoms with Crippen LogP contribution in [-0.2, 0) is 4.79 Å². The summed E-state index contributed by atoms with van der Waals surface area (Å²) in [6.07, 6.45) is 0. The average Bonchev–Trinajstić information content (AvgIpc) is 2.47. The topological polar surface area (TPSA) is 61.6 Å². The number of anilines is 1. The molecular formula is C16H26N4O. The van der Waals surface area contributed by atoms with E-state index in [2.05, 4.69) is 60.3 Å². The number of nitrogens with one attached hydrogen (secondary N) is 1. The highest BCUT2D eigenvalue weighted by molar-refractivity contribution is 5.81. The average molecular weight is 290 g/mol. The third-order valence-corrected chi connectivity index (χ3v) is 4.12. The van der Waals surface area contributed by atoms with Crippen LogP contribution in [0.2, 0.25) is 0 Å². The molecule has 5 heteroatoms. The molecule has 21 heavy (non-hydrogen) atoms. The van der Waals surface area contributed by atoms with Gasteiger partial charge in [-0.25, -0.2) is 5.84 Å². The number of aryl methyl sites for hydroxylation is 1. The van der Waals surface area contributed by atoms with E-state index in [0.717, 1.165) is 26.2 Å². The Morgan fingerprint density at radius 3 is 2.43 bits per heavy atom. The summed E-state index contributed by atoms with van der Waals surface area (Å²) in [6, 6.07) is 8.42. The molecule has 1 aliphatic heterocycles. The predicted octanol–water partition coefficient (Wildman–Crippen LogP) is 1.13. The van der Waals surface area contributed by atoms with Crippen molar-refractivity contribution in [2.45, 2.75) is 26.8 Å². The second-order valence-corrected chi connectivity index (χ2v) is 6.06. The standard InChI is InChI=1S/C16H26N4O/c1-12(2)15(16(21)18-17)20-9-7-19(8-10-20)14-6-4-5-13(3)11-14/h4-6,11-12,15H,7-10,17H2,1-3H3,(H,18,21). The number of hydrogen-bond donors (Lipinski definition) is 2. The molecule has 0 aromatic heterocycles. The monoisotopic (exact) mass is 290 g/mol. The third-order valence-electron chi connectivity index (χ3n) is 4.12. The zero-order chi connectivity index (χ0) is 15.4. The number of benzene rings is 1. The molecule has 3 N–H and O–H groups in total. The normalized spacial score (nSPS) is 17.9. The summed E-state index contributed by atoms with van der Waals surface area (Å²) in [5, 5.41) is 0. The highest BCUT2D eigenvalue weighted by atomic mass is 16.2. The number of hydrogen-bond acceptors (Lipinski definition) is 4. The summed E-state index contributed by atoms with van der Waals surface area (Å²) in [6.45, 7) is 9.86. The van der Waals surface area contributed by atoms with E-state index < -0.39 is 0 Å². The molecule has 0 saturated carbocycles. The second-order valence-electron chi connectivity index (χ2n) is 6.06. The van der Waals surface area contributed by atoms with Crippen molar-refractivity contribution in [3.05, 3.63) is 29.8 Å². The number of hydrazine groups is 1. The van der Waals surface area contributed by atoms with Gasteiger partial charge in [0.25, 0.3) is 5.91 Å². The van der Waals surface area contributed by atoms with Crippen LogP contribution in [0.4, 0.5) is 5.69 Å². The number of rotatable bonds is 4. The first-order valence-electron chi connectivity index (χ1n) is 7.59. The SMILES string of the molecule is Cc1cccc(N2CCN(C(C(=O)NN)C(C)C)CC2)c1. The van der Waals surface area contributed by atoms with Crippen molar-refractivity contribution < 1.29 is 4.79 Å². The number of nitrogens with zero attached hydrogens (tertiary/aromatic N) is 2. The van der Waals surface area contributed by atoms with Gasteiger partial charge in [-0.05, 0) is 30.5 Å². The fourth-order valence-electron chi connectivity index (χ4n) is 3.06. The molecular weight excluding hydrogens is 264 g/mol. The summed E-state index contributed by atoms with van der Waals surface area (Å²) in [4.78, 5) is 16.6. The molecule has 0 radical (unpaired) electrons. The van der Waals surface area contributed by atoms with E-state index in [1.807, 2.05) is 0 Å². The van der Waals surface area contributed by atoms with Crippen molar-refractivity contribution in [3.8, 4) is 0 Å². The molecule has 1 fully saturated rings. The third kappa shape index (κ3) is 3.74. The number of piperazine rings is 1. The molecule has 1 aromatic carbocycles. The van der Waals surface area contributed by atoms with Crippen molar-refractivity contribution in [1.29, 1.82) is 0 Å². The van der Waals surface area contributed by atoms with Crippen LogP contribution in [0.3, 0.4) is 0 Å². The largest absolute Gasteiger partial charge is 0.369 e. The molecule has 1 aromatic rings. The van der Waals surface area contributed by atoms with E-state index in [-0.39, 0.29) is 17.9 Å². The summed E-state index contributed by atoms with van der Waals surface area (Å²) in [5.41, 5.74) is 4.84. The van der Waals surface area contributed by atoms with Gasteiger partial charge in [-0.15, -0.1) is 0 Å². The molecule has 1 saturated heterocycles. The highest BCUT2D eigenvalue weighted by Crippen LogP contribution is 2.20.